The Balaban J connectivity index is 1.82. The zero-order valence-corrected chi connectivity index (χ0v) is 12.5. The van der Waals surface area contributed by atoms with Gasteiger partial charge in [-0.25, -0.2) is 4.98 Å². The lowest BCUT2D eigenvalue weighted by molar-refractivity contribution is 0.235. The number of aryl methyl sites for hydroxylation is 1. The van der Waals surface area contributed by atoms with Gasteiger partial charge < -0.3 is 9.40 Å². The summed E-state index contributed by atoms with van der Waals surface area (Å²) in [6, 6.07) is 7.31. The van der Waals surface area contributed by atoms with Gasteiger partial charge in [-0.1, -0.05) is 19.1 Å². The van der Waals surface area contributed by atoms with Crippen LogP contribution in [-0.2, 0) is 13.1 Å². The van der Waals surface area contributed by atoms with Gasteiger partial charge in [-0.3, -0.25) is 9.69 Å². The van der Waals surface area contributed by atoms with Crippen LogP contribution in [0.3, 0.4) is 0 Å². The molecule has 2 heterocycles. The summed E-state index contributed by atoms with van der Waals surface area (Å²) in [5, 5.41) is 8.41. The van der Waals surface area contributed by atoms with E-state index in [1.165, 1.54) is 0 Å². The Bertz CT molecular complexity index is 839. The molecule has 7 nitrogen and oxygen atoms in total. The fourth-order valence-electron chi connectivity index (χ4n) is 2.29. The van der Waals surface area contributed by atoms with Gasteiger partial charge in [0.1, 0.15) is 5.82 Å². The van der Waals surface area contributed by atoms with Crippen molar-refractivity contribution in [1.29, 1.82) is 0 Å². The van der Waals surface area contributed by atoms with Gasteiger partial charge in [-0.15, -0.1) is 10.2 Å². The van der Waals surface area contributed by atoms with Crippen molar-refractivity contribution in [1.82, 2.24) is 25.1 Å². The molecule has 0 atom stereocenters. The number of para-hydroxylation sites is 1. The molecular weight excluding hydrogens is 282 g/mol. The van der Waals surface area contributed by atoms with Crippen LogP contribution < -0.4 is 5.56 Å². The molecule has 114 valence electrons. The molecule has 0 aliphatic carbocycles. The van der Waals surface area contributed by atoms with Crippen LogP contribution in [0.2, 0.25) is 0 Å². The van der Waals surface area contributed by atoms with E-state index in [1.807, 2.05) is 25.1 Å². The van der Waals surface area contributed by atoms with Crippen LogP contribution in [0.5, 0.6) is 0 Å². The van der Waals surface area contributed by atoms with Gasteiger partial charge in [0.05, 0.1) is 24.0 Å². The minimum absolute atomic E-state index is 0.120. The van der Waals surface area contributed by atoms with Crippen molar-refractivity contribution in [2.45, 2.75) is 26.9 Å². The predicted molar refractivity (Wildman–Crippen MR) is 81.2 cm³/mol. The Kier molecular flexibility index (Phi) is 3.97. The molecule has 0 spiro atoms. The monoisotopic (exact) mass is 299 g/mol. The zero-order chi connectivity index (χ0) is 15.5. The molecule has 0 radical (unpaired) electrons. The highest BCUT2D eigenvalue weighted by Gasteiger charge is 2.12. The summed E-state index contributed by atoms with van der Waals surface area (Å²) in [5.74, 6) is 1.73. The lowest BCUT2D eigenvalue weighted by Gasteiger charge is -2.17. The molecule has 0 unspecified atom stereocenters. The lowest BCUT2D eigenvalue weighted by Crippen LogP contribution is -2.25. The topological polar surface area (TPSA) is 87.9 Å². The van der Waals surface area contributed by atoms with Gasteiger partial charge in [0.2, 0.25) is 11.8 Å². The standard InChI is InChI=1S/C15H17N5O2/c1-3-20(9-14-19-18-10(2)22-14)8-13-16-12-7-5-4-6-11(12)15(21)17-13/h4-7H,3,8-9H2,1-2H3,(H,16,17,21). The molecule has 1 aromatic carbocycles. The highest BCUT2D eigenvalue weighted by atomic mass is 16.4. The number of nitrogens with zero attached hydrogens (tertiary/aromatic N) is 4. The van der Waals surface area contributed by atoms with Gasteiger partial charge in [0.25, 0.3) is 5.56 Å². The van der Waals surface area contributed by atoms with Gasteiger partial charge >= 0.3 is 0 Å². The molecule has 0 aliphatic heterocycles. The lowest BCUT2D eigenvalue weighted by atomic mass is 10.2. The Morgan fingerprint density at radius 2 is 2.05 bits per heavy atom. The average molecular weight is 299 g/mol. The first-order valence-electron chi connectivity index (χ1n) is 7.15. The smallest absolute Gasteiger partial charge is 0.258 e. The van der Waals surface area contributed by atoms with Gasteiger partial charge in [0, 0.05) is 6.92 Å². The molecule has 0 saturated heterocycles. The normalized spacial score (nSPS) is 11.4. The van der Waals surface area contributed by atoms with Crippen LogP contribution >= 0.6 is 0 Å². The highest BCUT2D eigenvalue weighted by Crippen LogP contribution is 2.09. The second-order valence-corrected chi connectivity index (χ2v) is 5.05. The number of hydrogen-bond acceptors (Lipinski definition) is 6. The van der Waals surface area contributed by atoms with Crippen LogP contribution in [0.25, 0.3) is 10.9 Å². The summed E-state index contributed by atoms with van der Waals surface area (Å²) in [6.07, 6.45) is 0. The van der Waals surface area contributed by atoms with Gasteiger partial charge in [-0.2, -0.15) is 0 Å². The second kappa shape index (κ2) is 6.07. The molecule has 3 aromatic rings. The molecule has 0 bridgehead atoms. The fraction of sp³-hybridized carbons (Fsp3) is 0.333. The van der Waals surface area contributed by atoms with E-state index >= 15 is 0 Å². The van der Waals surface area contributed by atoms with E-state index in [1.54, 1.807) is 13.0 Å². The van der Waals surface area contributed by atoms with E-state index < -0.39 is 0 Å². The number of H-pyrrole nitrogens is 1. The van der Waals surface area contributed by atoms with Crippen molar-refractivity contribution in [3.8, 4) is 0 Å². The Labute approximate surface area is 127 Å². The third kappa shape index (κ3) is 3.04. The number of fused-ring (bicyclic) bond motifs is 1. The first-order valence-corrected chi connectivity index (χ1v) is 7.15. The summed E-state index contributed by atoms with van der Waals surface area (Å²) >= 11 is 0. The highest BCUT2D eigenvalue weighted by molar-refractivity contribution is 5.77. The first-order chi connectivity index (χ1) is 10.7. The van der Waals surface area contributed by atoms with Crippen molar-refractivity contribution in [3.63, 3.8) is 0 Å². The van der Waals surface area contributed by atoms with E-state index in [9.17, 15) is 4.79 Å². The summed E-state index contributed by atoms with van der Waals surface area (Å²) < 4.78 is 5.39. The van der Waals surface area contributed by atoms with Crippen LogP contribution in [0.4, 0.5) is 0 Å². The van der Waals surface area contributed by atoms with Crippen molar-refractivity contribution >= 4 is 10.9 Å². The quantitative estimate of drug-likeness (QED) is 0.770. The fourth-order valence-corrected chi connectivity index (χ4v) is 2.29. The Morgan fingerprint density at radius 1 is 1.23 bits per heavy atom. The summed E-state index contributed by atoms with van der Waals surface area (Å²) in [6.45, 7) is 5.60. The van der Waals surface area contributed by atoms with Crippen molar-refractivity contribution in [2.75, 3.05) is 6.54 Å². The zero-order valence-electron chi connectivity index (χ0n) is 12.5. The Hall–Kier alpha value is -2.54. The van der Waals surface area contributed by atoms with E-state index in [0.29, 0.717) is 41.6 Å². The number of aromatic amines is 1. The molecule has 0 amide bonds. The molecule has 3 rings (SSSR count). The summed E-state index contributed by atoms with van der Waals surface area (Å²) in [4.78, 5) is 21.5. The van der Waals surface area contributed by atoms with Gasteiger partial charge in [0.15, 0.2) is 0 Å². The third-order valence-corrected chi connectivity index (χ3v) is 3.41. The number of aromatic nitrogens is 4. The molecule has 7 heteroatoms. The van der Waals surface area contributed by atoms with Gasteiger partial charge in [-0.05, 0) is 18.7 Å². The average Bonchev–Trinajstić information content (AvgIpc) is 2.92. The number of hydrogen-bond donors (Lipinski definition) is 1. The molecule has 0 fully saturated rings. The summed E-state index contributed by atoms with van der Waals surface area (Å²) in [5.41, 5.74) is 0.580. The van der Waals surface area contributed by atoms with E-state index in [-0.39, 0.29) is 5.56 Å². The molecule has 1 N–H and O–H groups in total. The van der Waals surface area contributed by atoms with Crippen LogP contribution in [0, 0.1) is 6.92 Å². The van der Waals surface area contributed by atoms with Crippen LogP contribution in [0.1, 0.15) is 24.5 Å². The van der Waals surface area contributed by atoms with E-state index in [0.717, 1.165) is 6.54 Å². The molecular formula is C15H17N5O2. The molecule has 2 aromatic heterocycles. The maximum atomic E-state index is 12.1. The van der Waals surface area contributed by atoms with Crippen LogP contribution in [0.15, 0.2) is 33.5 Å². The van der Waals surface area contributed by atoms with Crippen molar-refractivity contribution in [2.24, 2.45) is 0 Å². The second-order valence-electron chi connectivity index (χ2n) is 5.05. The minimum atomic E-state index is -0.120. The number of rotatable bonds is 5. The van der Waals surface area contributed by atoms with Crippen molar-refractivity contribution in [3.05, 3.63) is 52.2 Å². The SMILES string of the molecule is CCN(Cc1nc2ccccc2c(=O)[nH]1)Cc1nnc(C)o1. The Morgan fingerprint density at radius 3 is 2.77 bits per heavy atom. The number of benzene rings is 1. The predicted octanol–water partition coefficient (Wildman–Crippen LogP) is 1.64. The third-order valence-electron chi connectivity index (χ3n) is 3.41. The molecule has 0 saturated carbocycles. The first kappa shape index (κ1) is 14.4. The van der Waals surface area contributed by atoms with E-state index in [2.05, 4.69) is 25.1 Å². The van der Waals surface area contributed by atoms with E-state index in [4.69, 9.17) is 4.42 Å². The maximum absolute atomic E-state index is 12.1. The van der Waals surface area contributed by atoms with Crippen LogP contribution in [-0.4, -0.2) is 31.6 Å². The molecule has 22 heavy (non-hydrogen) atoms. The summed E-state index contributed by atoms with van der Waals surface area (Å²) in [7, 11) is 0. The largest absolute Gasteiger partial charge is 0.424 e. The van der Waals surface area contributed by atoms with Crippen molar-refractivity contribution < 1.29 is 4.42 Å². The number of nitrogens with one attached hydrogen (secondary N) is 1. The molecule has 0 aliphatic rings. The minimum Gasteiger partial charge on any atom is -0.424 e. The maximum Gasteiger partial charge on any atom is 0.258 e.